The Morgan fingerprint density at radius 1 is 1.43 bits per heavy atom. The van der Waals surface area contributed by atoms with Crippen molar-refractivity contribution in [2.45, 2.75) is 26.7 Å². The Kier molecular flexibility index (Phi) is 2.11. The number of nitrogens with two attached hydrogens (primary N) is 1. The van der Waals surface area contributed by atoms with E-state index in [-0.39, 0.29) is 0 Å². The van der Waals surface area contributed by atoms with E-state index in [1.165, 1.54) is 0 Å². The molecule has 2 heterocycles. The lowest BCUT2D eigenvalue weighted by Crippen LogP contribution is -1.97. The normalized spacial score (nSPS) is 11.0. The zero-order valence-electron chi connectivity index (χ0n) is 8.49. The Hall–Kier alpha value is -1.58. The third-order valence-corrected chi connectivity index (χ3v) is 2.25. The van der Waals surface area contributed by atoms with Gasteiger partial charge in [0.05, 0.1) is 0 Å². The molecule has 0 aliphatic carbocycles. The molecule has 0 spiro atoms. The van der Waals surface area contributed by atoms with Gasteiger partial charge in [0.2, 0.25) is 0 Å². The summed E-state index contributed by atoms with van der Waals surface area (Å²) in [5.41, 5.74) is 8.50. The third kappa shape index (κ3) is 1.32. The van der Waals surface area contributed by atoms with E-state index < -0.39 is 0 Å². The lowest BCUT2D eigenvalue weighted by atomic mass is 10.2. The topological polar surface area (TPSA) is 56.2 Å². The second kappa shape index (κ2) is 3.29. The first kappa shape index (κ1) is 8.99. The van der Waals surface area contributed by atoms with E-state index in [2.05, 4.69) is 17.1 Å². The number of nitrogens with zero attached hydrogens (tertiary/aromatic N) is 3. The van der Waals surface area contributed by atoms with Crippen LogP contribution >= 0.6 is 0 Å². The largest absolute Gasteiger partial charge is 0.398 e. The standard InChI is InChI=1S/C10H14N4/c1-3-4-9-12-13-10-7(2)5-8(11)6-14(9)10/h5-6H,3-4,11H2,1-2H3. The predicted octanol–water partition coefficient (Wildman–Crippen LogP) is 1.57. The Labute approximate surface area is 82.8 Å². The van der Waals surface area contributed by atoms with Crippen molar-refractivity contribution < 1.29 is 0 Å². The van der Waals surface area contributed by atoms with Gasteiger partial charge in [0.15, 0.2) is 5.65 Å². The molecule has 0 saturated heterocycles. The Morgan fingerprint density at radius 2 is 2.21 bits per heavy atom. The van der Waals surface area contributed by atoms with Crippen LogP contribution in [0.5, 0.6) is 0 Å². The first-order chi connectivity index (χ1) is 6.72. The summed E-state index contributed by atoms with van der Waals surface area (Å²) < 4.78 is 1.98. The minimum atomic E-state index is 0.757. The molecule has 0 bridgehead atoms. The van der Waals surface area contributed by atoms with Gasteiger partial charge in [0, 0.05) is 18.3 Å². The fourth-order valence-electron chi connectivity index (χ4n) is 1.62. The third-order valence-electron chi connectivity index (χ3n) is 2.25. The second-order valence-corrected chi connectivity index (χ2v) is 3.52. The summed E-state index contributed by atoms with van der Waals surface area (Å²) >= 11 is 0. The predicted molar refractivity (Wildman–Crippen MR) is 56.1 cm³/mol. The summed E-state index contributed by atoms with van der Waals surface area (Å²) in [4.78, 5) is 0. The van der Waals surface area contributed by atoms with E-state index in [9.17, 15) is 0 Å². The molecule has 0 fully saturated rings. The number of anilines is 1. The number of aromatic nitrogens is 3. The molecular formula is C10H14N4. The summed E-state index contributed by atoms with van der Waals surface area (Å²) in [5, 5.41) is 8.28. The molecule has 0 amide bonds. The van der Waals surface area contributed by atoms with E-state index in [1.807, 2.05) is 23.6 Å². The first-order valence-corrected chi connectivity index (χ1v) is 4.82. The summed E-state index contributed by atoms with van der Waals surface area (Å²) in [7, 11) is 0. The van der Waals surface area contributed by atoms with E-state index in [1.54, 1.807) is 0 Å². The van der Waals surface area contributed by atoms with E-state index in [0.29, 0.717) is 0 Å². The summed E-state index contributed by atoms with van der Waals surface area (Å²) in [5.74, 6) is 0.984. The highest BCUT2D eigenvalue weighted by Gasteiger charge is 2.06. The van der Waals surface area contributed by atoms with Crippen molar-refractivity contribution in [2.75, 3.05) is 5.73 Å². The zero-order chi connectivity index (χ0) is 10.1. The monoisotopic (exact) mass is 190 g/mol. The highest BCUT2D eigenvalue weighted by atomic mass is 15.2. The molecule has 4 nitrogen and oxygen atoms in total. The maximum absolute atomic E-state index is 5.77. The molecule has 0 radical (unpaired) electrons. The van der Waals surface area contributed by atoms with Gasteiger partial charge in [0.1, 0.15) is 5.82 Å². The van der Waals surface area contributed by atoms with Gasteiger partial charge in [-0.2, -0.15) is 0 Å². The lowest BCUT2D eigenvalue weighted by Gasteiger charge is -2.01. The number of hydrogen-bond acceptors (Lipinski definition) is 3. The fourth-order valence-corrected chi connectivity index (χ4v) is 1.62. The van der Waals surface area contributed by atoms with E-state index in [0.717, 1.165) is 35.6 Å². The van der Waals surface area contributed by atoms with Gasteiger partial charge in [-0.15, -0.1) is 10.2 Å². The Morgan fingerprint density at radius 3 is 2.93 bits per heavy atom. The van der Waals surface area contributed by atoms with Gasteiger partial charge in [0.25, 0.3) is 0 Å². The molecular weight excluding hydrogens is 176 g/mol. The van der Waals surface area contributed by atoms with Gasteiger partial charge in [-0.25, -0.2) is 0 Å². The number of aryl methyl sites for hydroxylation is 2. The molecule has 4 heteroatoms. The molecule has 2 rings (SSSR count). The Bertz CT molecular complexity index is 458. The molecule has 2 N–H and O–H groups in total. The lowest BCUT2D eigenvalue weighted by molar-refractivity contribution is 0.818. The molecule has 0 saturated carbocycles. The summed E-state index contributed by atoms with van der Waals surface area (Å²) in [6.07, 6.45) is 3.88. The quantitative estimate of drug-likeness (QED) is 0.782. The van der Waals surface area contributed by atoms with Crippen LogP contribution in [0.25, 0.3) is 5.65 Å². The maximum Gasteiger partial charge on any atom is 0.163 e. The smallest absolute Gasteiger partial charge is 0.163 e. The Balaban J connectivity index is 2.66. The van der Waals surface area contributed by atoms with Crippen LogP contribution in [0.2, 0.25) is 0 Å². The van der Waals surface area contributed by atoms with Crippen LogP contribution in [0.15, 0.2) is 12.3 Å². The van der Waals surface area contributed by atoms with Crippen molar-refractivity contribution >= 4 is 11.3 Å². The summed E-state index contributed by atoms with van der Waals surface area (Å²) in [6.45, 7) is 4.12. The van der Waals surface area contributed by atoms with Crippen molar-refractivity contribution in [2.24, 2.45) is 0 Å². The molecule has 14 heavy (non-hydrogen) atoms. The minimum Gasteiger partial charge on any atom is -0.398 e. The van der Waals surface area contributed by atoms with Crippen LogP contribution in [0.3, 0.4) is 0 Å². The van der Waals surface area contributed by atoms with Crippen LogP contribution in [-0.2, 0) is 6.42 Å². The maximum atomic E-state index is 5.77. The minimum absolute atomic E-state index is 0.757. The zero-order valence-corrected chi connectivity index (χ0v) is 8.49. The van der Waals surface area contributed by atoms with Gasteiger partial charge in [-0.3, -0.25) is 4.40 Å². The van der Waals surface area contributed by atoms with Crippen LogP contribution < -0.4 is 5.73 Å². The molecule has 0 aliphatic rings. The van der Waals surface area contributed by atoms with Crippen LogP contribution in [0.1, 0.15) is 24.7 Å². The molecule has 2 aromatic heterocycles. The highest BCUT2D eigenvalue weighted by molar-refractivity contribution is 5.54. The van der Waals surface area contributed by atoms with Crippen molar-refractivity contribution in [1.82, 2.24) is 14.6 Å². The van der Waals surface area contributed by atoms with Gasteiger partial charge in [-0.1, -0.05) is 6.92 Å². The van der Waals surface area contributed by atoms with Crippen LogP contribution in [-0.4, -0.2) is 14.6 Å². The molecule has 0 aliphatic heterocycles. The number of rotatable bonds is 2. The molecule has 74 valence electrons. The van der Waals surface area contributed by atoms with Crippen LogP contribution in [0, 0.1) is 6.92 Å². The molecule has 2 aromatic rings. The van der Waals surface area contributed by atoms with Gasteiger partial charge >= 0.3 is 0 Å². The van der Waals surface area contributed by atoms with Crippen molar-refractivity contribution in [3.05, 3.63) is 23.7 Å². The van der Waals surface area contributed by atoms with E-state index >= 15 is 0 Å². The first-order valence-electron chi connectivity index (χ1n) is 4.82. The highest BCUT2D eigenvalue weighted by Crippen LogP contribution is 2.14. The van der Waals surface area contributed by atoms with Gasteiger partial charge in [-0.05, 0) is 25.0 Å². The number of pyridine rings is 1. The molecule has 0 unspecified atom stereocenters. The second-order valence-electron chi connectivity index (χ2n) is 3.52. The van der Waals surface area contributed by atoms with Crippen LogP contribution in [0.4, 0.5) is 5.69 Å². The van der Waals surface area contributed by atoms with E-state index in [4.69, 9.17) is 5.73 Å². The molecule has 0 aromatic carbocycles. The number of hydrogen-bond donors (Lipinski definition) is 1. The van der Waals surface area contributed by atoms with Crippen molar-refractivity contribution in [3.8, 4) is 0 Å². The summed E-state index contributed by atoms with van der Waals surface area (Å²) in [6, 6.07) is 1.92. The molecule has 0 atom stereocenters. The average Bonchev–Trinajstić information content (AvgIpc) is 2.49. The van der Waals surface area contributed by atoms with Crippen molar-refractivity contribution in [1.29, 1.82) is 0 Å². The van der Waals surface area contributed by atoms with Gasteiger partial charge < -0.3 is 5.73 Å². The number of nitrogen functional groups attached to an aromatic ring is 1. The average molecular weight is 190 g/mol. The fraction of sp³-hybridized carbons (Fsp3) is 0.400. The SMILES string of the molecule is CCCc1nnc2c(C)cc(N)cn12. The number of fused-ring (bicyclic) bond motifs is 1. The van der Waals surface area contributed by atoms with Crippen molar-refractivity contribution in [3.63, 3.8) is 0 Å².